The third kappa shape index (κ3) is 4.32. The Labute approximate surface area is 146 Å². The number of hydrogen-bond donors (Lipinski definition) is 3. The van der Waals surface area contributed by atoms with E-state index in [0.29, 0.717) is 5.56 Å². The third-order valence-electron chi connectivity index (χ3n) is 5.25. The molecular formula is C21H32O3. The number of unbranched alkanes of at least 4 members (excludes halogenated alkanes) is 2. The summed E-state index contributed by atoms with van der Waals surface area (Å²) in [4.78, 5) is 0. The van der Waals surface area contributed by atoms with Crippen molar-refractivity contribution < 1.29 is 15.3 Å². The second-order valence-corrected chi connectivity index (χ2v) is 7.84. The number of allylic oxidation sites excluding steroid dienone is 2. The Kier molecular flexibility index (Phi) is 5.97. The highest BCUT2D eigenvalue weighted by molar-refractivity contribution is 5.51. The monoisotopic (exact) mass is 332 g/mol. The molecule has 3 heteroatoms. The van der Waals surface area contributed by atoms with Crippen LogP contribution >= 0.6 is 0 Å². The SMILES string of the molecule is CCCCCc1cc(O)c(C2C=C(C)CC[C@H]2C(C)(C)O)c(O)c1. The van der Waals surface area contributed by atoms with E-state index in [1.165, 1.54) is 5.57 Å². The zero-order chi connectivity index (χ0) is 17.9. The molecule has 0 fully saturated rings. The summed E-state index contributed by atoms with van der Waals surface area (Å²) >= 11 is 0. The molecule has 0 spiro atoms. The molecule has 0 saturated carbocycles. The fourth-order valence-corrected chi connectivity index (χ4v) is 3.89. The number of aliphatic hydroxyl groups is 1. The van der Waals surface area contributed by atoms with E-state index in [4.69, 9.17) is 0 Å². The predicted octanol–water partition coefficient (Wildman–Crippen LogP) is 5.04. The minimum atomic E-state index is -0.861. The fourth-order valence-electron chi connectivity index (χ4n) is 3.89. The van der Waals surface area contributed by atoms with E-state index < -0.39 is 5.60 Å². The molecule has 0 aliphatic heterocycles. The molecule has 0 saturated heterocycles. The van der Waals surface area contributed by atoms with Crippen LogP contribution in [0.4, 0.5) is 0 Å². The van der Waals surface area contributed by atoms with Gasteiger partial charge in [-0.05, 0) is 70.1 Å². The number of hydrogen-bond acceptors (Lipinski definition) is 3. The van der Waals surface area contributed by atoms with Crippen LogP contribution in [0, 0.1) is 5.92 Å². The van der Waals surface area contributed by atoms with E-state index in [0.717, 1.165) is 44.1 Å². The van der Waals surface area contributed by atoms with Crippen LogP contribution in [0.15, 0.2) is 23.8 Å². The van der Waals surface area contributed by atoms with E-state index in [1.807, 2.05) is 13.8 Å². The van der Waals surface area contributed by atoms with Gasteiger partial charge in [-0.15, -0.1) is 0 Å². The van der Waals surface area contributed by atoms with Crippen molar-refractivity contribution in [1.82, 2.24) is 0 Å². The van der Waals surface area contributed by atoms with Gasteiger partial charge < -0.3 is 15.3 Å². The summed E-state index contributed by atoms with van der Waals surface area (Å²) in [7, 11) is 0. The van der Waals surface area contributed by atoms with Gasteiger partial charge in [-0.1, -0.05) is 31.4 Å². The maximum absolute atomic E-state index is 10.6. The van der Waals surface area contributed by atoms with Crippen LogP contribution in [0.3, 0.4) is 0 Å². The topological polar surface area (TPSA) is 60.7 Å². The van der Waals surface area contributed by atoms with E-state index in [9.17, 15) is 15.3 Å². The van der Waals surface area contributed by atoms with Gasteiger partial charge >= 0.3 is 0 Å². The van der Waals surface area contributed by atoms with E-state index >= 15 is 0 Å². The molecule has 3 nitrogen and oxygen atoms in total. The first kappa shape index (κ1) is 18.9. The molecule has 0 radical (unpaired) electrons. The van der Waals surface area contributed by atoms with Crippen molar-refractivity contribution in [2.75, 3.05) is 0 Å². The lowest BCUT2D eigenvalue weighted by Crippen LogP contribution is -2.36. The van der Waals surface area contributed by atoms with E-state index in [1.54, 1.807) is 12.1 Å². The highest BCUT2D eigenvalue weighted by atomic mass is 16.3. The Balaban J connectivity index is 2.36. The van der Waals surface area contributed by atoms with Crippen LogP contribution in [-0.4, -0.2) is 20.9 Å². The number of aryl methyl sites for hydroxylation is 1. The predicted molar refractivity (Wildman–Crippen MR) is 98.5 cm³/mol. The van der Waals surface area contributed by atoms with Crippen LogP contribution in [-0.2, 0) is 6.42 Å². The highest BCUT2D eigenvalue weighted by Crippen LogP contribution is 2.47. The molecule has 1 aromatic carbocycles. The second-order valence-electron chi connectivity index (χ2n) is 7.84. The van der Waals surface area contributed by atoms with Crippen LogP contribution in [0.25, 0.3) is 0 Å². The zero-order valence-electron chi connectivity index (χ0n) is 15.5. The Morgan fingerprint density at radius 3 is 2.29 bits per heavy atom. The first-order valence-electron chi connectivity index (χ1n) is 9.18. The van der Waals surface area contributed by atoms with Gasteiger partial charge in [0.25, 0.3) is 0 Å². The summed E-state index contributed by atoms with van der Waals surface area (Å²) in [6.45, 7) is 7.85. The normalized spacial score (nSPS) is 21.6. The molecule has 3 N–H and O–H groups in total. The molecule has 1 unspecified atom stereocenters. The molecule has 0 heterocycles. The quantitative estimate of drug-likeness (QED) is 0.505. The highest BCUT2D eigenvalue weighted by Gasteiger charge is 2.38. The largest absolute Gasteiger partial charge is 0.507 e. The fraction of sp³-hybridized carbons (Fsp3) is 0.619. The zero-order valence-corrected chi connectivity index (χ0v) is 15.5. The first-order chi connectivity index (χ1) is 11.2. The smallest absolute Gasteiger partial charge is 0.123 e. The molecule has 134 valence electrons. The molecule has 2 rings (SSSR count). The van der Waals surface area contributed by atoms with Crippen LogP contribution in [0.2, 0.25) is 0 Å². The summed E-state index contributed by atoms with van der Waals surface area (Å²) in [6, 6.07) is 3.56. The van der Waals surface area contributed by atoms with Gasteiger partial charge in [0.05, 0.1) is 5.60 Å². The third-order valence-corrected chi connectivity index (χ3v) is 5.25. The molecule has 2 atom stereocenters. The summed E-state index contributed by atoms with van der Waals surface area (Å²) in [5.74, 6) is 0.103. The number of rotatable bonds is 6. The Morgan fingerprint density at radius 2 is 1.75 bits per heavy atom. The number of phenols is 2. The lowest BCUT2D eigenvalue weighted by molar-refractivity contribution is 0.00421. The minimum Gasteiger partial charge on any atom is -0.507 e. The average Bonchev–Trinajstić information content (AvgIpc) is 2.45. The van der Waals surface area contributed by atoms with Gasteiger partial charge in [0.1, 0.15) is 11.5 Å². The Hall–Kier alpha value is -1.48. The van der Waals surface area contributed by atoms with Crippen molar-refractivity contribution in [3.05, 3.63) is 34.9 Å². The number of benzene rings is 1. The Bertz CT molecular complexity index is 573. The molecule has 0 aromatic heterocycles. The van der Waals surface area contributed by atoms with Crippen LogP contribution < -0.4 is 0 Å². The number of phenolic OH excluding ortho intramolecular Hbond substituents is 2. The van der Waals surface area contributed by atoms with Crippen molar-refractivity contribution in [3.63, 3.8) is 0 Å². The summed E-state index contributed by atoms with van der Waals surface area (Å²) in [5.41, 5.74) is 1.91. The molecule has 0 amide bonds. The minimum absolute atomic E-state index is 0.0241. The van der Waals surface area contributed by atoms with Crippen LogP contribution in [0.1, 0.15) is 76.8 Å². The van der Waals surface area contributed by atoms with Gasteiger partial charge in [-0.2, -0.15) is 0 Å². The average molecular weight is 332 g/mol. The molecule has 1 aliphatic carbocycles. The van der Waals surface area contributed by atoms with E-state index in [-0.39, 0.29) is 23.3 Å². The molecule has 24 heavy (non-hydrogen) atoms. The summed E-state index contributed by atoms with van der Waals surface area (Å²) < 4.78 is 0. The summed E-state index contributed by atoms with van der Waals surface area (Å²) in [6.07, 6.45) is 8.12. The maximum atomic E-state index is 10.6. The molecule has 1 aliphatic rings. The van der Waals surface area contributed by atoms with E-state index in [2.05, 4.69) is 19.9 Å². The number of aromatic hydroxyl groups is 2. The standard InChI is InChI=1S/C21H32O3/c1-5-6-7-8-15-12-18(22)20(19(23)13-15)16-11-14(2)9-10-17(16)21(3,4)24/h11-13,16-17,22-24H,5-10H2,1-4H3/t16?,17-/m1/s1. The van der Waals surface area contributed by atoms with Crippen molar-refractivity contribution in [1.29, 1.82) is 0 Å². The van der Waals surface area contributed by atoms with Gasteiger partial charge in [0.15, 0.2) is 0 Å². The van der Waals surface area contributed by atoms with Crippen molar-refractivity contribution in [2.45, 2.75) is 77.7 Å². The van der Waals surface area contributed by atoms with Crippen LogP contribution in [0.5, 0.6) is 11.5 Å². The van der Waals surface area contributed by atoms with Crippen molar-refractivity contribution >= 4 is 0 Å². The lowest BCUT2D eigenvalue weighted by atomic mass is 9.69. The maximum Gasteiger partial charge on any atom is 0.123 e. The van der Waals surface area contributed by atoms with Gasteiger partial charge in [0.2, 0.25) is 0 Å². The van der Waals surface area contributed by atoms with Crippen molar-refractivity contribution in [3.8, 4) is 11.5 Å². The Morgan fingerprint density at radius 1 is 1.12 bits per heavy atom. The molecule has 1 aromatic rings. The van der Waals surface area contributed by atoms with Gasteiger partial charge in [0, 0.05) is 11.5 Å². The molecule has 0 bridgehead atoms. The first-order valence-corrected chi connectivity index (χ1v) is 9.18. The van der Waals surface area contributed by atoms with Crippen molar-refractivity contribution in [2.24, 2.45) is 5.92 Å². The summed E-state index contributed by atoms with van der Waals surface area (Å²) in [5, 5.41) is 31.7. The second kappa shape index (κ2) is 7.60. The van der Waals surface area contributed by atoms with Gasteiger partial charge in [-0.25, -0.2) is 0 Å². The van der Waals surface area contributed by atoms with Gasteiger partial charge in [-0.3, -0.25) is 0 Å². The molecular weight excluding hydrogens is 300 g/mol. The lowest BCUT2D eigenvalue weighted by Gasteiger charge is -2.38.